The average molecular weight is 467 g/mol. The highest BCUT2D eigenvalue weighted by Gasteiger charge is 2.17. The van der Waals surface area contributed by atoms with Gasteiger partial charge in [0.25, 0.3) is 11.5 Å². The van der Waals surface area contributed by atoms with Gasteiger partial charge in [-0.15, -0.1) is 10.2 Å². The van der Waals surface area contributed by atoms with Crippen LogP contribution in [-0.2, 0) is 13.1 Å². The Morgan fingerprint density at radius 2 is 1.80 bits per heavy atom. The third-order valence-corrected chi connectivity index (χ3v) is 6.12. The van der Waals surface area contributed by atoms with Gasteiger partial charge in [-0.05, 0) is 48.4 Å². The maximum Gasteiger partial charge on any atom is 0.263 e. The number of rotatable bonds is 5. The van der Waals surface area contributed by atoms with Crippen LogP contribution in [0.2, 0.25) is 0 Å². The van der Waals surface area contributed by atoms with E-state index in [1.807, 2.05) is 49.4 Å². The van der Waals surface area contributed by atoms with Crippen molar-refractivity contribution in [3.63, 3.8) is 0 Å². The number of nitrogens with one attached hydrogen (secondary N) is 1. The quantitative estimate of drug-likeness (QED) is 0.427. The normalized spacial score (nSPS) is 12.4. The molecule has 3 aromatic carbocycles. The highest BCUT2D eigenvalue weighted by atomic mass is 16.7. The molecule has 0 bridgehead atoms. The second kappa shape index (κ2) is 8.28. The number of carbonyl (C=O) groups excluding carboxylic acids is 1. The van der Waals surface area contributed by atoms with Gasteiger partial charge in [0, 0.05) is 12.1 Å². The van der Waals surface area contributed by atoms with Crippen LogP contribution in [0, 0.1) is 6.92 Å². The van der Waals surface area contributed by atoms with Crippen molar-refractivity contribution in [1.29, 1.82) is 0 Å². The summed E-state index contributed by atoms with van der Waals surface area (Å²) in [6, 6.07) is 18.6. The first-order valence-corrected chi connectivity index (χ1v) is 11.2. The number of hydrogen-bond donors (Lipinski definition) is 1. The second-order valence-electron chi connectivity index (χ2n) is 8.48. The van der Waals surface area contributed by atoms with Gasteiger partial charge in [0.05, 0.1) is 17.4 Å². The molecular weight excluding hydrogens is 446 g/mol. The van der Waals surface area contributed by atoms with Crippen molar-refractivity contribution in [3.8, 4) is 11.5 Å². The highest BCUT2D eigenvalue weighted by Crippen LogP contribution is 2.32. The Kier molecular flexibility index (Phi) is 4.95. The molecule has 0 fully saturated rings. The van der Waals surface area contributed by atoms with Crippen LogP contribution < -0.4 is 20.3 Å². The monoisotopic (exact) mass is 467 g/mol. The van der Waals surface area contributed by atoms with Crippen LogP contribution in [0.15, 0.2) is 71.8 Å². The van der Waals surface area contributed by atoms with E-state index in [0.717, 1.165) is 16.7 Å². The van der Waals surface area contributed by atoms with Crippen molar-refractivity contribution in [1.82, 2.24) is 24.5 Å². The molecule has 0 spiro atoms. The number of amides is 1. The van der Waals surface area contributed by atoms with Crippen molar-refractivity contribution < 1.29 is 14.3 Å². The third kappa shape index (κ3) is 3.76. The van der Waals surface area contributed by atoms with E-state index in [9.17, 15) is 9.59 Å². The fraction of sp³-hybridized carbons (Fsp3) is 0.154. The summed E-state index contributed by atoms with van der Waals surface area (Å²) >= 11 is 0. The molecule has 1 amide bonds. The summed E-state index contributed by atoms with van der Waals surface area (Å²) in [5.74, 6) is 1.52. The van der Waals surface area contributed by atoms with Crippen LogP contribution in [0.5, 0.6) is 11.5 Å². The Bertz CT molecular complexity index is 1650. The fourth-order valence-corrected chi connectivity index (χ4v) is 4.23. The summed E-state index contributed by atoms with van der Waals surface area (Å²) in [7, 11) is 0. The summed E-state index contributed by atoms with van der Waals surface area (Å²) in [4.78, 5) is 26.4. The zero-order valence-corrected chi connectivity index (χ0v) is 18.9. The summed E-state index contributed by atoms with van der Waals surface area (Å²) in [6.07, 6.45) is 1.57. The lowest BCUT2D eigenvalue weighted by atomic mass is 10.1. The fourth-order valence-electron chi connectivity index (χ4n) is 4.23. The lowest BCUT2D eigenvalue weighted by molar-refractivity contribution is 0.0951. The Labute approximate surface area is 199 Å². The predicted molar refractivity (Wildman–Crippen MR) is 129 cm³/mol. The maximum absolute atomic E-state index is 13.5. The zero-order valence-electron chi connectivity index (χ0n) is 18.9. The summed E-state index contributed by atoms with van der Waals surface area (Å²) in [5.41, 5.74) is 3.80. The molecule has 5 aromatic rings. The van der Waals surface area contributed by atoms with E-state index < -0.39 is 0 Å². The van der Waals surface area contributed by atoms with E-state index in [-0.39, 0.29) is 18.3 Å². The van der Waals surface area contributed by atoms with Gasteiger partial charge >= 0.3 is 0 Å². The highest BCUT2D eigenvalue weighted by molar-refractivity contribution is 5.98. The molecule has 174 valence electrons. The van der Waals surface area contributed by atoms with Gasteiger partial charge in [-0.1, -0.05) is 35.9 Å². The SMILES string of the molecule is Cc1ccc(Cn2c(=O)c3cc(C(=O)NCc4ccc5c(c4)OCO5)ccc3n3cnnc23)cc1. The molecule has 9 heteroatoms. The number of aryl methyl sites for hydroxylation is 1. The molecule has 0 saturated carbocycles. The van der Waals surface area contributed by atoms with Gasteiger partial charge in [-0.25, -0.2) is 0 Å². The summed E-state index contributed by atoms with van der Waals surface area (Å²) in [5, 5.41) is 11.5. The number of ether oxygens (including phenoxy) is 2. The van der Waals surface area contributed by atoms with E-state index in [0.29, 0.717) is 46.8 Å². The lowest BCUT2D eigenvalue weighted by Gasteiger charge is -2.12. The number of benzene rings is 3. The van der Waals surface area contributed by atoms with Crippen LogP contribution in [0.25, 0.3) is 16.7 Å². The molecule has 35 heavy (non-hydrogen) atoms. The minimum atomic E-state index is -0.280. The summed E-state index contributed by atoms with van der Waals surface area (Å²) < 4.78 is 14.1. The Hall–Kier alpha value is -4.66. The van der Waals surface area contributed by atoms with Gasteiger partial charge in [0.15, 0.2) is 11.5 Å². The Morgan fingerprint density at radius 3 is 2.66 bits per heavy atom. The van der Waals surface area contributed by atoms with Crippen molar-refractivity contribution in [3.05, 3.63) is 99.6 Å². The first-order chi connectivity index (χ1) is 17.1. The number of fused-ring (bicyclic) bond motifs is 4. The molecule has 0 radical (unpaired) electrons. The Balaban J connectivity index is 1.32. The van der Waals surface area contributed by atoms with Crippen LogP contribution in [0.1, 0.15) is 27.0 Å². The molecule has 9 nitrogen and oxygen atoms in total. The van der Waals surface area contributed by atoms with E-state index in [1.165, 1.54) is 0 Å². The smallest absolute Gasteiger partial charge is 0.263 e. The average Bonchev–Trinajstić information content (AvgIpc) is 3.55. The molecule has 0 aliphatic carbocycles. The minimum Gasteiger partial charge on any atom is -0.454 e. The molecule has 2 aromatic heterocycles. The van der Waals surface area contributed by atoms with E-state index in [2.05, 4.69) is 15.5 Å². The van der Waals surface area contributed by atoms with E-state index >= 15 is 0 Å². The van der Waals surface area contributed by atoms with Crippen molar-refractivity contribution >= 4 is 22.6 Å². The van der Waals surface area contributed by atoms with E-state index in [4.69, 9.17) is 9.47 Å². The van der Waals surface area contributed by atoms with Gasteiger partial charge < -0.3 is 14.8 Å². The molecule has 1 aliphatic heterocycles. The molecule has 1 aliphatic rings. The Morgan fingerprint density at radius 1 is 1.00 bits per heavy atom. The molecule has 3 heterocycles. The minimum absolute atomic E-state index is 0.198. The molecule has 0 unspecified atom stereocenters. The van der Waals surface area contributed by atoms with Crippen molar-refractivity contribution in [2.75, 3.05) is 6.79 Å². The predicted octanol–water partition coefficient (Wildman–Crippen LogP) is 3.06. The molecule has 0 atom stereocenters. The molecular formula is C26H21N5O4. The van der Waals surface area contributed by atoms with Gasteiger partial charge in [-0.3, -0.25) is 18.6 Å². The molecule has 0 saturated heterocycles. The topological polar surface area (TPSA) is 99.8 Å². The van der Waals surface area contributed by atoms with Crippen LogP contribution in [0.4, 0.5) is 0 Å². The lowest BCUT2D eigenvalue weighted by Crippen LogP contribution is -2.25. The number of carbonyl (C=O) groups is 1. The third-order valence-electron chi connectivity index (χ3n) is 6.12. The van der Waals surface area contributed by atoms with Crippen LogP contribution in [0.3, 0.4) is 0 Å². The number of aromatic nitrogens is 4. The van der Waals surface area contributed by atoms with Gasteiger partial charge in [0.1, 0.15) is 6.33 Å². The largest absolute Gasteiger partial charge is 0.454 e. The maximum atomic E-state index is 13.5. The summed E-state index contributed by atoms with van der Waals surface area (Å²) in [6.45, 7) is 2.87. The van der Waals surface area contributed by atoms with Crippen molar-refractivity contribution in [2.45, 2.75) is 20.0 Å². The zero-order chi connectivity index (χ0) is 23.9. The van der Waals surface area contributed by atoms with Gasteiger partial charge in [0.2, 0.25) is 12.6 Å². The standard InChI is InChI=1S/C26H21N5O4/c1-16-2-4-17(5-3-16)13-30-25(33)20-11-19(7-8-21(20)31-14-28-29-26(30)31)24(32)27-12-18-6-9-22-23(10-18)35-15-34-22/h2-11,14H,12-13,15H2,1H3,(H,27,32). The second-order valence-corrected chi connectivity index (χ2v) is 8.48. The molecule has 6 rings (SSSR count). The number of hydrogen-bond acceptors (Lipinski definition) is 6. The van der Waals surface area contributed by atoms with Crippen LogP contribution in [-0.4, -0.2) is 31.9 Å². The van der Waals surface area contributed by atoms with Crippen LogP contribution >= 0.6 is 0 Å². The van der Waals surface area contributed by atoms with Gasteiger partial charge in [-0.2, -0.15) is 0 Å². The first-order valence-electron chi connectivity index (χ1n) is 11.2. The number of nitrogens with zero attached hydrogens (tertiary/aromatic N) is 4. The first kappa shape index (κ1) is 20.9. The van der Waals surface area contributed by atoms with Crippen molar-refractivity contribution in [2.24, 2.45) is 0 Å². The molecule has 1 N–H and O–H groups in total. The van der Waals surface area contributed by atoms with E-state index in [1.54, 1.807) is 33.5 Å².